The molecule has 2 aliphatic rings. The van der Waals surface area contributed by atoms with Crippen molar-refractivity contribution in [3.05, 3.63) is 58.5 Å². The first kappa shape index (κ1) is 26.1. The number of nitrogens with one attached hydrogen (secondary N) is 2. The monoisotopic (exact) mass is 521 g/mol. The summed E-state index contributed by atoms with van der Waals surface area (Å²) >= 11 is 0. The van der Waals surface area contributed by atoms with Crippen LogP contribution < -0.4 is 15.5 Å². The number of likely N-dealkylation sites (N-methyl/N-ethyl adjacent to an activating group) is 2. The Morgan fingerprint density at radius 1 is 1.11 bits per heavy atom. The van der Waals surface area contributed by atoms with Crippen LogP contribution in [0.2, 0.25) is 0 Å². The van der Waals surface area contributed by atoms with Crippen LogP contribution in [0, 0.1) is 12.7 Å². The minimum Gasteiger partial charge on any atom is -0.353 e. The van der Waals surface area contributed by atoms with Gasteiger partial charge in [0.1, 0.15) is 5.82 Å². The first-order chi connectivity index (χ1) is 18.3. The van der Waals surface area contributed by atoms with Gasteiger partial charge in [0, 0.05) is 56.5 Å². The lowest BCUT2D eigenvalue weighted by Crippen LogP contribution is -2.48. The molecule has 202 valence electrons. The fourth-order valence-electron chi connectivity index (χ4n) is 5.42. The van der Waals surface area contributed by atoms with Crippen molar-refractivity contribution < 1.29 is 14.0 Å². The van der Waals surface area contributed by atoms with Crippen molar-refractivity contribution in [2.75, 3.05) is 44.7 Å². The molecule has 0 radical (unpaired) electrons. The number of hydrazine groups is 1. The molecule has 0 atom stereocenters. The van der Waals surface area contributed by atoms with E-state index in [1.807, 2.05) is 29.8 Å². The Kier molecular flexibility index (Phi) is 7.62. The molecule has 5 rings (SSSR count). The van der Waals surface area contributed by atoms with Crippen LogP contribution >= 0.6 is 0 Å². The molecule has 0 spiro atoms. The normalized spacial score (nSPS) is 14.5. The maximum atomic E-state index is 13.7. The van der Waals surface area contributed by atoms with E-state index in [0.29, 0.717) is 26.2 Å². The van der Waals surface area contributed by atoms with Crippen LogP contribution in [-0.2, 0) is 35.6 Å². The zero-order chi connectivity index (χ0) is 26.8. The lowest BCUT2D eigenvalue weighted by Gasteiger charge is -2.32. The number of rotatable bonds is 10. The average Bonchev–Trinajstić information content (AvgIpc) is 3.60. The van der Waals surface area contributed by atoms with Gasteiger partial charge in [0.2, 0.25) is 5.91 Å². The van der Waals surface area contributed by atoms with Crippen LogP contribution in [-0.4, -0.2) is 71.4 Å². The molecule has 2 N–H and O–H groups in total. The fraction of sp³-hybridized carbons (Fsp3) is 0.464. The molecule has 0 saturated carbocycles. The quantitative estimate of drug-likeness (QED) is 0.399. The molecule has 9 nitrogen and oxygen atoms in total. The molecule has 0 saturated heterocycles. The Bertz CT molecular complexity index is 1350. The third-order valence-corrected chi connectivity index (χ3v) is 7.48. The summed E-state index contributed by atoms with van der Waals surface area (Å²) in [6.45, 7) is 8.07. The first-order valence-electron chi connectivity index (χ1n) is 13.3. The molecule has 3 aromatic rings. The van der Waals surface area contributed by atoms with Gasteiger partial charge in [0.25, 0.3) is 5.91 Å². The number of benzene rings is 2. The lowest BCUT2D eigenvalue weighted by molar-refractivity contribution is -0.145. The summed E-state index contributed by atoms with van der Waals surface area (Å²) in [5.74, 6) is -0.568. The van der Waals surface area contributed by atoms with E-state index in [2.05, 4.69) is 21.4 Å². The van der Waals surface area contributed by atoms with Crippen molar-refractivity contribution in [1.29, 1.82) is 0 Å². The van der Waals surface area contributed by atoms with E-state index >= 15 is 0 Å². The van der Waals surface area contributed by atoms with Crippen molar-refractivity contribution in [1.82, 2.24) is 30.4 Å². The molecule has 2 amide bonds. The number of fused-ring (bicyclic) bond motifs is 4. The molecule has 0 fully saturated rings. The molecule has 2 aromatic carbocycles. The van der Waals surface area contributed by atoms with Crippen molar-refractivity contribution in [2.24, 2.45) is 0 Å². The largest absolute Gasteiger partial charge is 0.353 e. The van der Waals surface area contributed by atoms with Crippen molar-refractivity contribution >= 4 is 28.4 Å². The van der Waals surface area contributed by atoms with Crippen molar-refractivity contribution in [3.63, 3.8) is 0 Å². The van der Waals surface area contributed by atoms with E-state index in [9.17, 15) is 14.0 Å². The van der Waals surface area contributed by atoms with E-state index in [1.54, 1.807) is 18.1 Å². The predicted molar refractivity (Wildman–Crippen MR) is 145 cm³/mol. The zero-order valence-electron chi connectivity index (χ0n) is 22.4. The highest BCUT2D eigenvalue weighted by Gasteiger charge is 2.28. The molecular formula is C28H36FN7O2. The Morgan fingerprint density at radius 2 is 1.92 bits per heavy atom. The predicted octanol–water partition coefficient (Wildman–Crippen LogP) is 2.35. The van der Waals surface area contributed by atoms with Gasteiger partial charge in [0.15, 0.2) is 0 Å². The standard InChI is InChI=1S/C28H36FN7O2/c1-4-30-9-10-31-27(37)17-34(26-14-24-23(12-19(26)2)25-6-5-11-36(25)32-24)18-28(38)33(3)35-15-20-7-8-22(29)13-21(20)16-35/h7-8,12-14,30H,4-6,9-11,15-18H2,1-3H3,(H,31,37). The van der Waals surface area contributed by atoms with E-state index in [4.69, 9.17) is 5.10 Å². The zero-order valence-corrected chi connectivity index (χ0v) is 22.4. The molecule has 3 heterocycles. The SMILES string of the molecule is CCNCCNC(=O)CN(CC(=O)N(C)N1Cc2ccc(F)cc2C1)c1cc2nn3c(c2cc1C)CCC3. The van der Waals surface area contributed by atoms with Gasteiger partial charge in [-0.2, -0.15) is 5.10 Å². The number of amides is 2. The third-order valence-electron chi connectivity index (χ3n) is 7.48. The highest BCUT2D eigenvalue weighted by molar-refractivity contribution is 5.91. The second-order valence-electron chi connectivity index (χ2n) is 10.1. The number of hydrogen-bond donors (Lipinski definition) is 2. The summed E-state index contributed by atoms with van der Waals surface area (Å²) in [6, 6.07) is 8.88. The van der Waals surface area contributed by atoms with Crippen LogP contribution in [0.1, 0.15) is 35.7 Å². The number of carbonyl (C=O) groups excluding carboxylic acids is 2. The summed E-state index contributed by atoms with van der Waals surface area (Å²) in [5, 5.41) is 15.6. The van der Waals surface area contributed by atoms with Crippen LogP contribution in [0.3, 0.4) is 0 Å². The highest BCUT2D eigenvalue weighted by Crippen LogP contribution is 2.31. The number of anilines is 1. The summed E-state index contributed by atoms with van der Waals surface area (Å²) in [5.41, 5.74) is 5.86. The van der Waals surface area contributed by atoms with Gasteiger partial charge >= 0.3 is 0 Å². The average molecular weight is 522 g/mol. The first-order valence-corrected chi connectivity index (χ1v) is 13.3. The summed E-state index contributed by atoms with van der Waals surface area (Å²) in [7, 11) is 1.73. The third kappa shape index (κ3) is 5.37. The minimum atomic E-state index is -0.276. The van der Waals surface area contributed by atoms with Gasteiger partial charge in [-0.3, -0.25) is 19.3 Å². The molecule has 1 aromatic heterocycles. The summed E-state index contributed by atoms with van der Waals surface area (Å²) in [4.78, 5) is 28.2. The minimum absolute atomic E-state index is 0.0260. The number of aromatic nitrogens is 2. The molecule has 2 aliphatic heterocycles. The van der Waals surface area contributed by atoms with E-state index in [0.717, 1.165) is 59.2 Å². The summed E-state index contributed by atoms with van der Waals surface area (Å²) < 4.78 is 15.8. The second-order valence-corrected chi connectivity index (χ2v) is 10.1. The smallest absolute Gasteiger partial charge is 0.256 e. The number of hydrogen-bond acceptors (Lipinski definition) is 6. The maximum Gasteiger partial charge on any atom is 0.256 e. The lowest BCUT2D eigenvalue weighted by atomic mass is 10.1. The molecular weight excluding hydrogens is 485 g/mol. The molecule has 0 bridgehead atoms. The van der Waals surface area contributed by atoms with Gasteiger partial charge in [-0.25, -0.2) is 9.40 Å². The van der Waals surface area contributed by atoms with Crippen molar-refractivity contribution in [2.45, 2.75) is 46.3 Å². The van der Waals surface area contributed by atoms with Crippen LogP contribution in [0.25, 0.3) is 10.9 Å². The van der Waals surface area contributed by atoms with Gasteiger partial charge < -0.3 is 15.5 Å². The molecule has 10 heteroatoms. The van der Waals surface area contributed by atoms with Gasteiger partial charge in [0.05, 0.1) is 18.6 Å². The van der Waals surface area contributed by atoms with Crippen molar-refractivity contribution in [3.8, 4) is 0 Å². The van der Waals surface area contributed by atoms with E-state index < -0.39 is 0 Å². The van der Waals surface area contributed by atoms with Crippen LogP contribution in [0.5, 0.6) is 0 Å². The van der Waals surface area contributed by atoms with E-state index in [-0.39, 0.29) is 30.7 Å². The fourth-order valence-corrected chi connectivity index (χ4v) is 5.42. The molecule has 0 unspecified atom stereocenters. The molecule has 0 aliphatic carbocycles. The van der Waals surface area contributed by atoms with Gasteiger partial charge in [-0.1, -0.05) is 13.0 Å². The topological polar surface area (TPSA) is 85.7 Å². The Hall–Kier alpha value is -3.50. The van der Waals surface area contributed by atoms with Gasteiger partial charge in [-0.15, -0.1) is 0 Å². The Labute approximate surface area is 222 Å². The second kappa shape index (κ2) is 11.1. The van der Waals surface area contributed by atoms with Crippen LogP contribution in [0.15, 0.2) is 30.3 Å². The molecule has 38 heavy (non-hydrogen) atoms. The Balaban J connectivity index is 1.35. The van der Waals surface area contributed by atoms with Crippen LogP contribution in [0.4, 0.5) is 10.1 Å². The number of carbonyl (C=O) groups is 2. The highest BCUT2D eigenvalue weighted by atomic mass is 19.1. The number of halogens is 1. The Morgan fingerprint density at radius 3 is 2.74 bits per heavy atom. The van der Waals surface area contributed by atoms with Gasteiger partial charge in [-0.05, 0) is 67.3 Å². The number of aryl methyl sites for hydroxylation is 3. The maximum absolute atomic E-state index is 13.7. The van der Waals surface area contributed by atoms with E-state index in [1.165, 1.54) is 17.8 Å². The summed E-state index contributed by atoms with van der Waals surface area (Å²) in [6.07, 6.45) is 2.12. The number of nitrogens with zero attached hydrogens (tertiary/aromatic N) is 5.